The number of hydrogen-bond acceptors (Lipinski definition) is 4. The molecule has 0 heterocycles. The van der Waals surface area contributed by atoms with Crippen LogP contribution in [0.5, 0.6) is 0 Å². The van der Waals surface area contributed by atoms with Gasteiger partial charge in [-0.3, -0.25) is 14.4 Å². The molecule has 2 N–H and O–H groups in total. The number of ether oxygens (including phenoxy) is 1. The SMILES string of the molecule is Cc1ccc(C)c(NC(=O)C(OC(=O)CNC(=O)c2ccccc2F)c2ccccc2)c1. The molecule has 164 valence electrons. The van der Waals surface area contributed by atoms with Gasteiger partial charge in [0.25, 0.3) is 11.8 Å². The number of carbonyl (C=O) groups is 3. The molecular weight excluding hydrogens is 411 g/mol. The summed E-state index contributed by atoms with van der Waals surface area (Å²) in [6, 6.07) is 19.6. The number of amides is 2. The molecule has 0 saturated heterocycles. The van der Waals surface area contributed by atoms with Crippen LogP contribution in [0, 0.1) is 19.7 Å². The van der Waals surface area contributed by atoms with Gasteiger partial charge in [0.2, 0.25) is 6.10 Å². The monoisotopic (exact) mass is 434 g/mol. The number of hydrogen-bond donors (Lipinski definition) is 2. The van der Waals surface area contributed by atoms with Crippen LogP contribution in [0.1, 0.15) is 33.2 Å². The number of esters is 1. The minimum absolute atomic E-state index is 0.187. The van der Waals surface area contributed by atoms with Crippen LogP contribution in [0.15, 0.2) is 72.8 Å². The fraction of sp³-hybridized carbons (Fsp3) is 0.160. The second kappa shape index (κ2) is 10.3. The predicted molar refractivity (Wildman–Crippen MR) is 119 cm³/mol. The maximum Gasteiger partial charge on any atom is 0.326 e. The molecule has 0 aromatic heterocycles. The lowest BCUT2D eigenvalue weighted by Gasteiger charge is -2.19. The highest BCUT2D eigenvalue weighted by Crippen LogP contribution is 2.22. The first-order valence-electron chi connectivity index (χ1n) is 10.0. The van der Waals surface area contributed by atoms with Gasteiger partial charge in [0, 0.05) is 11.3 Å². The smallest absolute Gasteiger partial charge is 0.326 e. The van der Waals surface area contributed by atoms with Gasteiger partial charge in [-0.15, -0.1) is 0 Å². The van der Waals surface area contributed by atoms with Gasteiger partial charge in [-0.1, -0.05) is 54.6 Å². The zero-order valence-electron chi connectivity index (χ0n) is 17.7. The van der Waals surface area contributed by atoms with Crippen molar-refractivity contribution in [1.82, 2.24) is 5.32 Å². The normalized spacial score (nSPS) is 11.3. The van der Waals surface area contributed by atoms with Gasteiger partial charge in [-0.25, -0.2) is 4.39 Å². The number of anilines is 1. The Hall–Kier alpha value is -4.00. The molecule has 3 aromatic carbocycles. The molecule has 0 radical (unpaired) electrons. The topological polar surface area (TPSA) is 84.5 Å². The van der Waals surface area contributed by atoms with Crippen LogP contribution in [0.25, 0.3) is 0 Å². The van der Waals surface area contributed by atoms with Crippen molar-refractivity contribution in [3.05, 3.63) is 101 Å². The lowest BCUT2D eigenvalue weighted by molar-refractivity contribution is -0.153. The van der Waals surface area contributed by atoms with E-state index < -0.39 is 36.2 Å². The van der Waals surface area contributed by atoms with Gasteiger partial charge in [0.1, 0.15) is 12.4 Å². The van der Waals surface area contributed by atoms with Gasteiger partial charge >= 0.3 is 5.97 Å². The molecule has 0 spiro atoms. The van der Waals surface area contributed by atoms with Crippen molar-refractivity contribution >= 4 is 23.5 Å². The van der Waals surface area contributed by atoms with Crippen LogP contribution >= 0.6 is 0 Å². The molecule has 32 heavy (non-hydrogen) atoms. The van der Waals surface area contributed by atoms with E-state index in [1.807, 2.05) is 32.0 Å². The van der Waals surface area contributed by atoms with Gasteiger partial charge in [0.15, 0.2) is 0 Å². The first kappa shape index (κ1) is 22.7. The molecule has 1 unspecified atom stereocenters. The van der Waals surface area contributed by atoms with Crippen molar-refractivity contribution in [3.63, 3.8) is 0 Å². The van der Waals surface area contributed by atoms with E-state index in [0.29, 0.717) is 11.3 Å². The van der Waals surface area contributed by atoms with Gasteiger partial charge in [0.05, 0.1) is 5.56 Å². The summed E-state index contributed by atoms with van der Waals surface area (Å²) in [6.45, 7) is 3.24. The molecule has 3 rings (SSSR count). The third-order valence-electron chi connectivity index (χ3n) is 4.75. The Morgan fingerprint density at radius 3 is 2.34 bits per heavy atom. The fourth-order valence-electron chi connectivity index (χ4n) is 3.04. The number of benzene rings is 3. The summed E-state index contributed by atoms with van der Waals surface area (Å²) in [5.41, 5.74) is 2.73. The molecule has 0 aliphatic carbocycles. The molecule has 7 heteroatoms. The van der Waals surface area contributed by atoms with Crippen molar-refractivity contribution in [2.24, 2.45) is 0 Å². The minimum atomic E-state index is -1.23. The van der Waals surface area contributed by atoms with E-state index in [-0.39, 0.29) is 5.56 Å². The van der Waals surface area contributed by atoms with E-state index in [4.69, 9.17) is 4.74 Å². The molecule has 0 aliphatic heterocycles. The van der Waals surface area contributed by atoms with E-state index in [1.54, 1.807) is 30.3 Å². The third kappa shape index (κ3) is 5.78. The largest absolute Gasteiger partial charge is 0.446 e. The highest BCUT2D eigenvalue weighted by Gasteiger charge is 2.26. The molecule has 3 aromatic rings. The second-order valence-corrected chi connectivity index (χ2v) is 7.25. The van der Waals surface area contributed by atoms with Crippen LogP contribution < -0.4 is 10.6 Å². The molecule has 0 bridgehead atoms. The van der Waals surface area contributed by atoms with Crippen LogP contribution in [0.4, 0.5) is 10.1 Å². The lowest BCUT2D eigenvalue weighted by Crippen LogP contribution is -2.34. The summed E-state index contributed by atoms with van der Waals surface area (Å²) in [5, 5.41) is 5.12. The Kier molecular flexibility index (Phi) is 7.33. The summed E-state index contributed by atoms with van der Waals surface area (Å²) in [4.78, 5) is 37.5. The zero-order valence-corrected chi connectivity index (χ0v) is 17.7. The summed E-state index contributed by atoms with van der Waals surface area (Å²) in [6.07, 6.45) is -1.23. The van der Waals surface area contributed by atoms with Crippen LogP contribution in [0.3, 0.4) is 0 Å². The van der Waals surface area contributed by atoms with Gasteiger partial charge < -0.3 is 15.4 Å². The Morgan fingerprint density at radius 1 is 0.938 bits per heavy atom. The molecule has 1 atom stereocenters. The van der Waals surface area contributed by atoms with E-state index in [0.717, 1.165) is 17.2 Å². The van der Waals surface area contributed by atoms with E-state index in [2.05, 4.69) is 10.6 Å². The summed E-state index contributed by atoms with van der Waals surface area (Å²) in [7, 11) is 0. The third-order valence-corrected chi connectivity index (χ3v) is 4.75. The highest BCUT2D eigenvalue weighted by atomic mass is 19.1. The molecule has 0 saturated carbocycles. The number of aryl methyl sites for hydroxylation is 2. The fourth-order valence-corrected chi connectivity index (χ4v) is 3.04. The van der Waals surface area contributed by atoms with Crippen LogP contribution in [-0.2, 0) is 14.3 Å². The minimum Gasteiger partial charge on any atom is -0.446 e. The Bertz CT molecular complexity index is 1130. The molecule has 0 fully saturated rings. The maximum absolute atomic E-state index is 13.7. The van der Waals surface area contributed by atoms with Crippen molar-refractivity contribution in [3.8, 4) is 0 Å². The molecule has 6 nitrogen and oxygen atoms in total. The molecule has 2 amide bonds. The van der Waals surface area contributed by atoms with E-state index >= 15 is 0 Å². The lowest BCUT2D eigenvalue weighted by atomic mass is 10.1. The van der Waals surface area contributed by atoms with E-state index in [1.165, 1.54) is 18.2 Å². The quantitative estimate of drug-likeness (QED) is 0.549. The molecule has 0 aliphatic rings. The zero-order chi connectivity index (χ0) is 23.1. The van der Waals surface area contributed by atoms with Crippen LogP contribution in [0.2, 0.25) is 0 Å². The van der Waals surface area contributed by atoms with Crippen molar-refractivity contribution in [2.75, 3.05) is 11.9 Å². The number of nitrogens with one attached hydrogen (secondary N) is 2. The summed E-state index contributed by atoms with van der Waals surface area (Å²) < 4.78 is 19.1. The number of rotatable bonds is 7. The Morgan fingerprint density at radius 2 is 1.62 bits per heavy atom. The van der Waals surface area contributed by atoms with Crippen molar-refractivity contribution < 1.29 is 23.5 Å². The van der Waals surface area contributed by atoms with Crippen LogP contribution in [-0.4, -0.2) is 24.3 Å². The summed E-state index contributed by atoms with van der Waals surface area (Å²) >= 11 is 0. The first-order chi connectivity index (χ1) is 15.3. The standard InChI is InChI=1S/C25H23FN2O4/c1-16-12-13-17(2)21(14-16)28-25(31)23(18-8-4-3-5-9-18)32-22(29)15-27-24(30)19-10-6-7-11-20(19)26/h3-14,23H,15H2,1-2H3,(H,27,30)(H,28,31). The average Bonchev–Trinajstić information content (AvgIpc) is 2.79. The molecular formula is C25H23FN2O4. The number of carbonyl (C=O) groups excluding carboxylic acids is 3. The van der Waals surface area contributed by atoms with Gasteiger partial charge in [-0.05, 0) is 43.2 Å². The Balaban J connectivity index is 1.71. The highest BCUT2D eigenvalue weighted by molar-refractivity contribution is 5.98. The van der Waals surface area contributed by atoms with Crippen molar-refractivity contribution in [2.45, 2.75) is 20.0 Å². The van der Waals surface area contributed by atoms with Gasteiger partial charge in [-0.2, -0.15) is 0 Å². The second-order valence-electron chi connectivity index (χ2n) is 7.25. The van der Waals surface area contributed by atoms with E-state index in [9.17, 15) is 18.8 Å². The Labute approximate surface area is 185 Å². The van der Waals surface area contributed by atoms with Crippen molar-refractivity contribution in [1.29, 1.82) is 0 Å². The average molecular weight is 434 g/mol. The first-order valence-corrected chi connectivity index (χ1v) is 10.0. The summed E-state index contributed by atoms with van der Waals surface area (Å²) in [5.74, 6) is -2.82. The maximum atomic E-state index is 13.7. The predicted octanol–water partition coefficient (Wildman–Crippen LogP) is 4.10. The number of halogens is 1.